The van der Waals surface area contributed by atoms with E-state index in [9.17, 15) is 4.79 Å². The molecule has 2 aromatic rings. The summed E-state index contributed by atoms with van der Waals surface area (Å²) in [7, 11) is 0. The molecule has 1 aromatic carbocycles. The first-order chi connectivity index (χ1) is 9.61. The first kappa shape index (κ1) is 13.7. The molecule has 0 amide bonds. The Bertz CT molecular complexity index is 666. The summed E-state index contributed by atoms with van der Waals surface area (Å²) >= 11 is 0. The van der Waals surface area contributed by atoms with Crippen molar-refractivity contribution in [1.82, 2.24) is 9.97 Å². The van der Waals surface area contributed by atoms with Crippen LogP contribution in [-0.2, 0) is 0 Å². The summed E-state index contributed by atoms with van der Waals surface area (Å²) in [5.41, 5.74) is 1.34. The van der Waals surface area contributed by atoms with Gasteiger partial charge in [0.1, 0.15) is 5.75 Å². The number of aryl methyl sites for hydroxylation is 1. The summed E-state index contributed by atoms with van der Waals surface area (Å²) in [5.74, 6) is -0.434. The number of allylic oxidation sites excluding steroid dienone is 1. The van der Waals surface area contributed by atoms with E-state index in [1.54, 1.807) is 13.0 Å². The third-order valence-electron chi connectivity index (χ3n) is 2.65. The topological polar surface area (TPSA) is 72.3 Å². The summed E-state index contributed by atoms with van der Waals surface area (Å²) < 4.78 is 5.61. The van der Waals surface area contributed by atoms with Crippen molar-refractivity contribution in [1.29, 1.82) is 0 Å². The van der Waals surface area contributed by atoms with Gasteiger partial charge in [-0.3, -0.25) is 0 Å². The quantitative estimate of drug-likeness (QED) is 0.922. The monoisotopic (exact) mass is 270 g/mol. The summed E-state index contributed by atoms with van der Waals surface area (Å²) in [5, 5.41) is 8.93. The van der Waals surface area contributed by atoms with E-state index in [0.717, 1.165) is 5.56 Å². The molecule has 0 radical (unpaired) electrons. The molecule has 1 heterocycles. The van der Waals surface area contributed by atoms with Crippen LogP contribution in [0.4, 0.5) is 0 Å². The molecule has 0 spiro atoms. The molecule has 0 saturated heterocycles. The predicted octanol–water partition coefficient (Wildman–Crippen LogP) is 3.31. The molecule has 0 aliphatic rings. The Labute approximate surface area is 116 Å². The molecular weight excluding hydrogens is 256 g/mol. The number of carboxylic acid groups (broad SMARTS) is 1. The Morgan fingerprint density at radius 2 is 2.10 bits per heavy atom. The summed E-state index contributed by atoms with van der Waals surface area (Å²) in [6.07, 6.45) is 5.06. The molecule has 0 bridgehead atoms. The second kappa shape index (κ2) is 5.97. The lowest BCUT2D eigenvalue weighted by Gasteiger charge is -2.08. The number of nitrogens with zero attached hydrogens (tertiary/aromatic N) is 2. The fraction of sp³-hybridized carbons (Fsp3) is 0.133. The zero-order chi connectivity index (χ0) is 14.5. The van der Waals surface area contributed by atoms with Crippen molar-refractivity contribution in [2.75, 3.05) is 0 Å². The van der Waals surface area contributed by atoms with Gasteiger partial charge in [-0.15, -0.1) is 0 Å². The zero-order valence-electron chi connectivity index (χ0n) is 11.2. The van der Waals surface area contributed by atoms with Crippen molar-refractivity contribution < 1.29 is 14.6 Å². The highest BCUT2D eigenvalue weighted by molar-refractivity contribution is 5.88. The highest BCUT2D eigenvalue weighted by Crippen LogP contribution is 2.24. The van der Waals surface area contributed by atoms with Gasteiger partial charge in [0.25, 0.3) is 0 Å². The van der Waals surface area contributed by atoms with Gasteiger partial charge >= 0.3 is 12.0 Å². The predicted molar refractivity (Wildman–Crippen MR) is 75.0 cm³/mol. The normalized spacial score (nSPS) is 10.7. The SMILES string of the molecule is C/C=C/c1ccccc1Oc1ncc(C(=O)O)c(C)n1. The maximum Gasteiger partial charge on any atom is 0.339 e. The standard InChI is InChI=1S/C15H14N2O3/c1-3-6-11-7-4-5-8-13(11)20-15-16-9-12(14(18)19)10(2)17-15/h3-9H,1-2H3,(H,18,19)/b6-3+. The number of aromatic nitrogens is 2. The fourth-order valence-corrected chi connectivity index (χ4v) is 1.69. The number of carboxylic acids is 1. The minimum absolute atomic E-state index is 0.0686. The minimum Gasteiger partial charge on any atom is -0.478 e. The van der Waals surface area contributed by atoms with Gasteiger partial charge in [-0.25, -0.2) is 9.78 Å². The van der Waals surface area contributed by atoms with Crippen molar-refractivity contribution >= 4 is 12.0 Å². The Morgan fingerprint density at radius 1 is 1.35 bits per heavy atom. The van der Waals surface area contributed by atoms with E-state index < -0.39 is 5.97 Å². The largest absolute Gasteiger partial charge is 0.478 e. The fourth-order valence-electron chi connectivity index (χ4n) is 1.69. The third-order valence-corrected chi connectivity index (χ3v) is 2.65. The lowest BCUT2D eigenvalue weighted by atomic mass is 10.2. The van der Waals surface area contributed by atoms with Crippen LogP contribution >= 0.6 is 0 Å². The molecule has 0 atom stereocenters. The van der Waals surface area contributed by atoms with Crippen LogP contribution in [0.3, 0.4) is 0 Å². The van der Waals surface area contributed by atoms with Crippen molar-refractivity contribution in [3.8, 4) is 11.8 Å². The minimum atomic E-state index is -1.05. The van der Waals surface area contributed by atoms with Crippen molar-refractivity contribution in [3.63, 3.8) is 0 Å². The molecule has 0 aliphatic heterocycles. The number of aromatic carboxylic acids is 1. The number of hydrogen-bond donors (Lipinski definition) is 1. The van der Waals surface area contributed by atoms with E-state index in [4.69, 9.17) is 9.84 Å². The summed E-state index contributed by atoms with van der Waals surface area (Å²) in [4.78, 5) is 18.9. The van der Waals surface area contributed by atoms with Crippen molar-refractivity contribution in [2.24, 2.45) is 0 Å². The third kappa shape index (κ3) is 3.00. The first-order valence-corrected chi connectivity index (χ1v) is 6.08. The molecule has 1 aromatic heterocycles. The Kier molecular flexibility index (Phi) is 4.10. The van der Waals surface area contributed by atoms with E-state index in [2.05, 4.69) is 9.97 Å². The van der Waals surface area contributed by atoms with Crippen LogP contribution in [-0.4, -0.2) is 21.0 Å². The van der Waals surface area contributed by atoms with Crippen LogP contribution in [0.5, 0.6) is 11.8 Å². The van der Waals surface area contributed by atoms with Crippen LogP contribution in [0.2, 0.25) is 0 Å². The molecule has 102 valence electrons. The van der Waals surface area contributed by atoms with E-state index in [1.807, 2.05) is 37.3 Å². The number of ether oxygens (including phenoxy) is 1. The van der Waals surface area contributed by atoms with E-state index >= 15 is 0 Å². The van der Waals surface area contributed by atoms with Gasteiger partial charge in [-0.2, -0.15) is 4.98 Å². The molecule has 5 heteroatoms. The maximum atomic E-state index is 10.9. The molecule has 0 aliphatic carbocycles. The highest BCUT2D eigenvalue weighted by atomic mass is 16.5. The summed E-state index contributed by atoms with van der Waals surface area (Å²) in [6.45, 7) is 3.52. The molecule has 5 nitrogen and oxygen atoms in total. The number of hydrogen-bond acceptors (Lipinski definition) is 4. The number of carbonyl (C=O) groups is 1. The van der Waals surface area contributed by atoms with Crippen LogP contribution in [0, 0.1) is 6.92 Å². The zero-order valence-corrected chi connectivity index (χ0v) is 11.2. The van der Waals surface area contributed by atoms with Gasteiger partial charge in [-0.05, 0) is 19.9 Å². The van der Waals surface area contributed by atoms with Crippen LogP contribution in [0.15, 0.2) is 36.5 Å². The molecule has 2 rings (SSSR count). The Balaban J connectivity index is 2.31. The Morgan fingerprint density at radius 3 is 2.75 bits per heavy atom. The van der Waals surface area contributed by atoms with Gasteiger partial charge in [0.15, 0.2) is 0 Å². The van der Waals surface area contributed by atoms with E-state index in [-0.39, 0.29) is 11.6 Å². The number of para-hydroxylation sites is 1. The lowest BCUT2D eigenvalue weighted by Crippen LogP contribution is -2.04. The molecule has 20 heavy (non-hydrogen) atoms. The highest BCUT2D eigenvalue weighted by Gasteiger charge is 2.11. The van der Waals surface area contributed by atoms with Crippen molar-refractivity contribution in [2.45, 2.75) is 13.8 Å². The molecule has 1 N–H and O–H groups in total. The average molecular weight is 270 g/mol. The molecule has 0 fully saturated rings. The van der Waals surface area contributed by atoms with Crippen LogP contribution < -0.4 is 4.74 Å². The van der Waals surface area contributed by atoms with Gasteiger partial charge in [0.2, 0.25) is 0 Å². The average Bonchev–Trinajstić information content (AvgIpc) is 2.41. The lowest BCUT2D eigenvalue weighted by molar-refractivity contribution is 0.0695. The van der Waals surface area contributed by atoms with Crippen LogP contribution in [0.1, 0.15) is 28.5 Å². The molecule has 0 unspecified atom stereocenters. The smallest absolute Gasteiger partial charge is 0.339 e. The second-order valence-electron chi connectivity index (χ2n) is 4.10. The van der Waals surface area contributed by atoms with Gasteiger partial charge in [0, 0.05) is 11.8 Å². The molecule has 0 saturated carbocycles. The van der Waals surface area contributed by atoms with Gasteiger partial charge in [0.05, 0.1) is 11.3 Å². The number of rotatable bonds is 4. The Hall–Kier alpha value is -2.69. The van der Waals surface area contributed by atoms with E-state index in [1.165, 1.54) is 6.20 Å². The van der Waals surface area contributed by atoms with Gasteiger partial charge in [-0.1, -0.05) is 30.4 Å². The van der Waals surface area contributed by atoms with Gasteiger partial charge < -0.3 is 9.84 Å². The molecular formula is C15H14N2O3. The first-order valence-electron chi connectivity index (χ1n) is 6.08. The maximum absolute atomic E-state index is 10.9. The van der Waals surface area contributed by atoms with Crippen molar-refractivity contribution in [3.05, 3.63) is 53.4 Å². The number of benzene rings is 1. The second-order valence-corrected chi connectivity index (χ2v) is 4.10. The van der Waals surface area contributed by atoms with E-state index in [0.29, 0.717) is 11.4 Å². The van der Waals surface area contributed by atoms with Crippen LogP contribution in [0.25, 0.3) is 6.08 Å². The summed E-state index contributed by atoms with van der Waals surface area (Å²) in [6, 6.07) is 7.60.